The Morgan fingerprint density at radius 2 is 1.81 bits per heavy atom. The highest BCUT2D eigenvalue weighted by Gasteiger charge is 2.47. The van der Waals surface area contributed by atoms with Crippen molar-refractivity contribution in [2.75, 3.05) is 13.7 Å². The van der Waals surface area contributed by atoms with E-state index in [2.05, 4.69) is 0 Å². The lowest BCUT2D eigenvalue weighted by atomic mass is 9.99. The molecule has 6 nitrogen and oxygen atoms in total. The number of ketones is 1. The molecule has 1 aliphatic rings. The van der Waals surface area contributed by atoms with E-state index in [0.717, 1.165) is 11.3 Å². The van der Waals surface area contributed by atoms with Crippen LogP contribution in [-0.4, -0.2) is 35.4 Å². The van der Waals surface area contributed by atoms with Crippen LogP contribution in [0.3, 0.4) is 0 Å². The van der Waals surface area contributed by atoms with Gasteiger partial charge in [-0.05, 0) is 60.5 Å². The highest BCUT2D eigenvalue weighted by molar-refractivity contribution is 6.46. The summed E-state index contributed by atoms with van der Waals surface area (Å²) in [5.41, 5.74) is 1.12. The number of aliphatic hydroxyl groups excluding tert-OH is 1. The van der Waals surface area contributed by atoms with Crippen LogP contribution in [0.2, 0.25) is 0 Å². The number of carbonyl (C=O) groups is 2. The third kappa shape index (κ3) is 3.94. The Morgan fingerprint density at radius 3 is 2.42 bits per heavy atom. The van der Waals surface area contributed by atoms with Crippen LogP contribution in [0.1, 0.15) is 22.9 Å². The molecule has 3 aromatic rings. The number of benzene rings is 2. The Kier molecular flexibility index (Phi) is 5.58. The maximum absolute atomic E-state index is 13.3. The van der Waals surface area contributed by atoms with E-state index < -0.39 is 23.5 Å². The van der Waals surface area contributed by atoms with Crippen molar-refractivity contribution >= 4 is 17.4 Å². The van der Waals surface area contributed by atoms with Crippen molar-refractivity contribution in [3.63, 3.8) is 0 Å². The largest absolute Gasteiger partial charge is 0.507 e. The average Bonchev–Trinajstić information content (AvgIpc) is 3.40. The van der Waals surface area contributed by atoms with E-state index in [-0.39, 0.29) is 23.4 Å². The molecule has 1 aliphatic heterocycles. The predicted octanol–water partition coefficient (Wildman–Crippen LogP) is 4.09. The smallest absolute Gasteiger partial charge is 0.295 e. The van der Waals surface area contributed by atoms with Crippen molar-refractivity contribution in [2.24, 2.45) is 0 Å². The maximum Gasteiger partial charge on any atom is 0.295 e. The van der Waals surface area contributed by atoms with Gasteiger partial charge >= 0.3 is 0 Å². The Hall–Kier alpha value is -3.87. The maximum atomic E-state index is 13.3. The third-order valence-corrected chi connectivity index (χ3v) is 5.27. The lowest BCUT2D eigenvalue weighted by molar-refractivity contribution is -0.140. The van der Waals surface area contributed by atoms with Crippen LogP contribution in [-0.2, 0) is 16.0 Å². The van der Waals surface area contributed by atoms with Gasteiger partial charge in [-0.2, -0.15) is 0 Å². The Bertz CT molecular complexity index is 1120. The third-order valence-electron chi connectivity index (χ3n) is 5.27. The van der Waals surface area contributed by atoms with Gasteiger partial charge in [-0.15, -0.1) is 0 Å². The van der Waals surface area contributed by atoms with Crippen molar-refractivity contribution in [3.8, 4) is 5.75 Å². The molecular formula is C24H20FNO5. The molecule has 0 saturated carbocycles. The number of Topliss-reactive ketones (excluding diaryl/α,β-unsaturated/α-hetero) is 1. The first-order valence-corrected chi connectivity index (χ1v) is 9.70. The lowest BCUT2D eigenvalue weighted by Gasteiger charge is -2.23. The SMILES string of the molecule is COc1ccc(CCN2C(=O)C(=O)/C(=C(\O)c3ccc(F)cc3)C2c2ccco2)cc1. The minimum absolute atomic E-state index is 0.0821. The highest BCUT2D eigenvalue weighted by Crippen LogP contribution is 2.39. The topological polar surface area (TPSA) is 80.0 Å². The molecule has 0 aliphatic carbocycles. The molecule has 7 heteroatoms. The number of nitrogens with zero attached hydrogens (tertiary/aromatic N) is 1. The monoisotopic (exact) mass is 421 g/mol. The minimum atomic E-state index is -0.877. The number of hydrogen-bond acceptors (Lipinski definition) is 5. The van der Waals surface area contributed by atoms with Gasteiger partial charge in [-0.3, -0.25) is 9.59 Å². The second-order valence-corrected chi connectivity index (χ2v) is 7.11. The number of carbonyl (C=O) groups excluding carboxylic acids is 2. The molecule has 158 valence electrons. The van der Waals surface area contributed by atoms with Crippen LogP contribution in [0, 0.1) is 5.82 Å². The first kappa shape index (κ1) is 20.4. The standard InChI is InChI=1S/C24H20FNO5/c1-30-18-10-4-15(5-11-18)12-13-26-21(19-3-2-14-31-19)20(23(28)24(26)29)22(27)16-6-8-17(25)9-7-16/h2-11,14,21,27H,12-13H2,1H3/b22-20-. The Balaban J connectivity index is 1.69. The molecular weight excluding hydrogens is 401 g/mol. The van der Waals surface area contributed by atoms with Gasteiger partial charge in [0.15, 0.2) is 0 Å². The predicted molar refractivity (Wildman–Crippen MR) is 111 cm³/mol. The highest BCUT2D eigenvalue weighted by atomic mass is 19.1. The molecule has 1 saturated heterocycles. The summed E-state index contributed by atoms with van der Waals surface area (Å²) in [6.07, 6.45) is 1.93. The second kappa shape index (κ2) is 8.47. The normalized spacial score (nSPS) is 17.9. The fourth-order valence-corrected chi connectivity index (χ4v) is 3.66. The number of hydrogen-bond donors (Lipinski definition) is 1. The quantitative estimate of drug-likeness (QED) is 0.368. The summed E-state index contributed by atoms with van der Waals surface area (Å²) in [6.45, 7) is 0.239. The van der Waals surface area contributed by atoms with Gasteiger partial charge < -0.3 is 19.2 Å². The molecule has 1 aromatic heterocycles. The first-order valence-electron chi connectivity index (χ1n) is 9.70. The van der Waals surface area contributed by atoms with Crippen molar-refractivity contribution < 1.29 is 28.2 Å². The summed E-state index contributed by atoms with van der Waals surface area (Å²) in [4.78, 5) is 27.1. The zero-order valence-electron chi connectivity index (χ0n) is 16.7. The molecule has 0 bridgehead atoms. The van der Waals surface area contributed by atoms with Crippen molar-refractivity contribution in [1.29, 1.82) is 0 Å². The Labute approximate surface area is 178 Å². The van der Waals surface area contributed by atoms with Gasteiger partial charge in [-0.1, -0.05) is 12.1 Å². The van der Waals surface area contributed by atoms with Crippen LogP contribution < -0.4 is 4.74 Å². The number of rotatable bonds is 6. The minimum Gasteiger partial charge on any atom is -0.507 e. The van der Waals surface area contributed by atoms with Crippen LogP contribution in [0.4, 0.5) is 4.39 Å². The molecule has 1 N–H and O–H groups in total. The summed E-state index contributed by atoms with van der Waals surface area (Å²) in [5.74, 6) is -1.29. The second-order valence-electron chi connectivity index (χ2n) is 7.11. The summed E-state index contributed by atoms with van der Waals surface area (Å²) in [7, 11) is 1.58. The molecule has 1 fully saturated rings. The van der Waals surface area contributed by atoms with E-state index in [4.69, 9.17) is 9.15 Å². The van der Waals surface area contributed by atoms with Crippen LogP contribution >= 0.6 is 0 Å². The van der Waals surface area contributed by atoms with Gasteiger partial charge in [0.1, 0.15) is 29.1 Å². The fraction of sp³-hybridized carbons (Fsp3) is 0.167. The van der Waals surface area contributed by atoms with Gasteiger partial charge in [-0.25, -0.2) is 4.39 Å². The number of ether oxygens (including phenoxy) is 1. The fourth-order valence-electron chi connectivity index (χ4n) is 3.66. The van der Waals surface area contributed by atoms with E-state index in [9.17, 15) is 19.1 Å². The molecule has 31 heavy (non-hydrogen) atoms. The number of amides is 1. The van der Waals surface area contributed by atoms with E-state index in [1.165, 1.54) is 35.4 Å². The van der Waals surface area contributed by atoms with E-state index in [1.54, 1.807) is 19.2 Å². The number of halogens is 1. The van der Waals surface area contributed by atoms with E-state index in [1.807, 2.05) is 24.3 Å². The van der Waals surface area contributed by atoms with Gasteiger partial charge in [0.2, 0.25) is 0 Å². The zero-order chi connectivity index (χ0) is 22.0. The summed E-state index contributed by atoms with van der Waals surface area (Å²) >= 11 is 0. The first-order chi connectivity index (χ1) is 15.0. The van der Waals surface area contributed by atoms with Crippen LogP contribution in [0.5, 0.6) is 5.75 Å². The number of furan rings is 1. The summed E-state index contributed by atoms with van der Waals surface area (Å²) < 4.78 is 23.9. The molecule has 1 atom stereocenters. The van der Waals surface area contributed by atoms with Gasteiger partial charge in [0, 0.05) is 12.1 Å². The van der Waals surface area contributed by atoms with Crippen molar-refractivity contribution in [3.05, 3.63) is 95.2 Å². The van der Waals surface area contributed by atoms with Crippen molar-refractivity contribution in [1.82, 2.24) is 4.90 Å². The summed E-state index contributed by atoms with van der Waals surface area (Å²) in [5, 5.41) is 10.8. The molecule has 2 heterocycles. The number of likely N-dealkylation sites (tertiary alicyclic amines) is 1. The molecule has 1 amide bonds. The van der Waals surface area contributed by atoms with Crippen LogP contribution in [0.15, 0.2) is 76.9 Å². The zero-order valence-corrected chi connectivity index (χ0v) is 16.7. The van der Waals surface area contributed by atoms with Gasteiger partial charge in [0.05, 0.1) is 18.9 Å². The van der Waals surface area contributed by atoms with Gasteiger partial charge in [0.25, 0.3) is 11.7 Å². The van der Waals surface area contributed by atoms with Crippen molar-refractivity contribution in [2.45, 2.75) is 12.5 Å². The summed E-state index contributed by atoms with van der Waals surface area (Å²) in [6, 6.07) is 14.9. The molecule has 0 radical (unpaired) electrons. The molecule has 0 spiro atoms. The Morgan fingerprint density at radius 1 is 1.10 bits per heavy atom. The van der Waals surface area contributed by atoms with E-state index >= 15 is 0 Å². The number of aliphatic hydroxyl groups is 1. The number of methoxy groups -OCH3 is 1. The molecule has 1 unspecified atom stereocenters. The van der Waals surface area contributed by atoms with Crippen LogP contribution in [0.25, 0.3) is 5.76 Å². The van der Waals surface area contributed by atoms with E-state index in [0.29, 0.717) is 12.2 Å². The molecule has 2 aromatic carbocycles. The molecule has 4 rings (SSSR count). The average molecular weight is 421 g/mol. The lowest BCUT2D eigenvalue weighted by Crippen LogP contribution is -2.31.